The van der Waals surface area contributed by atoms with Crippen LogP contribution in [0.1, 0.15) is 53.4 Å². The zero-order valence-corrected chi connectivity index (χ0v) is 13.1. The van der Waals surface area contributed by atoms with Crippen LogP contribution in [0.2, 0.25) is 0 Å². The number of hydrogen-bond acceptors (Lipinski definition) is 2. The van der Waals surface area contributed by atoms with Crippen molar-refractivity contribution in [1.82, 2.24) is 4.57 Å². The number of carbonyl (C=O) groups is 1. The van der Waals surface area contributed by atoms with Gasteiger partial charge in [-0.3, -0.25) is 0 Å². The Labute approximate surface area is 125 Å². The van der Waals surface area contributed by atoms with Crippen LogP contribution in [0.4, 0.5) is 0 Å². The third kappa shape index (κ3) is 2.68. The Morgan fingerprint density at radius 1 is 1.33 bits per heavy atom. The van der Waals surface area contributed by atoms with Crippen LogP contribution >= 0.6 is 0 Å². The molecular formula is C17H23NO3. The Bertz CT molecular complexity index is 683. The number of nitrogens with zero attached hydrogens (tertiary/aromatic N) is 1. The van der Waals surface area contributed by atoms with Crippen molar-refractivity contribution >= 4 is 16.9 Å². The number of fused-ring (bicyclic) bond motifs is 1. The first-order valence-corrected chi connectivity index (χ1v) is 7.36. The second kappa shape index (κ2) is 5.90. The molecule has 0 radical (unpaired) electrons. The zero-order valence-electron chi connectivity index (χ0n) is 13.1. The van der Waals surface area contributed by atoms with Gasteiger partial charge in [0.05, 0.1) is 11.1 Å². The van der Waals surface area contributed by atoms with Gasteiger partial charge in [0.1, 0.15) is 0 Å². The fourth-order valence-electron chi connectivity index (χ4n) is 3.01. The normalized spacial score (nSPS) is 11.5. The first kappa shape index (κ1) is 15.6. The number of rotatable bonds is 5. The molecule has 0 saturated carbocycles. The number of hydrogen-bond donors (Lipinski definition) is 2. The summed E-state index contributed by atoms with van der Waals surface area (Å²) in [7, 11) is 0. The molecule has 2 N–H and O–H groups in total. The molecule has 4 nitrogen and oxygen atoms in total. The monoisotopic (exact) mass is 289 g/mol. The number of aliphatic hydroxyl groups is 1. The number of carboxylic acids is 1. The minimum absolute atomic E-state index is 0.144. The van der Waals surface area contributed by atoms with Crippen LogP contribution in [0.3, 0.4) is 0 Å². The molecule has 0 saturated heterocycles. The Morgan fingerprint density at radius 3 is 2.52 bits per heavy atom. The Balaban J connectivity index is 2.81. The van der Waals surface area contributed by atoms with Gasteiger partial charge in [-0.1, -0.05) is 0 Å². The molecular weight excluding hydrogens is 266 g/mol. The fraction of sp³-hybridized carbons (Fsp3) is 0.471. The van der Waals surface area contributed by atoms with Crippen molar-refractivity contribution in [2.45, 2.75) is 46.6 Å². The van der Waals surface area contributed by atoms with Crippen LogP contribution < -0.4 is 0 Å². The minimum Gasteiger partial charge on any atom is -0.478 e. The average Bonchev–Trinajstić information content (AvgIpc) is 2.80. The second-order valence-electron chi connectivity index (χ2n) is 5.88. The Morgan fingerprint density at radius 2 is 2.00 bits per heavy atom. The lowest BCUT2D eigenvalue weighted by molar-refractivity contribution is 0.0696. The lowest BCUT2D eigenvalue weighted by atomic mass is 9.96. The number of aliphatic hydroxyl groups excluding tert-OH is 1. The van der Waals surface area contributed by atoms with Crippen molar-refractivity contribution in [3.05, 3.63) is 34.5 Å². The molecule has 1 aromatic carbocycles. The molecule has 1 aromatic heterocycles. The first-order valence-electron chi connectivity index (χ1n) is 7.36. The quantitative estimate of drug-likeness (QED) is 0.886. The van der Waals surface area contributed by atoms with Crippen LogP contribution in [0.5, 0.6) is 0 Å². The summed E-state index contributed by atoms with van der Waals surface area (Å²) in [6.45, 7) is 8.22. The highest BCUT2D eigenvalue weighted by Gasteiger charge is 2.19. The number of aromatic carboxylic acids is 1. The maximum atomic E-state index is 11.4. The van der Waals surface area contributed by atoms with E-state index in [0.29, 0.717) is 18.0 Å². The van der Waals surface area contributed by atoms with Crippen LogP contribution in [-0.2, 0) is 6.42 Å². The number of aromatic nitrogens is 1. The van der Waals surface area contributed by atoms with E-state index in [1.165, 1.54) is 0 Å². The molecule has 0 spiro atoms. The van der Waals surface area contributed by atoms with Gasteiger partial charge in [0, 0.05) is 24.2 Å². The molecule has 0 amide bonds. The average molecular weight is 289 g/mol. The maximum Gasteiger partial charge on any atom is 0.335 e. The molecule has 2 rings (SSSR count). The molecule has 0 atom stereocenters. The molecule has 114 valence electrons. The third-order valence-corrected chi connectivity index (χ3v) is 4.02. The van der Waals surface area contributed by atoms with Crippen molar-refractivity contribution in [3.8, 4) is 0 Å². The Kier molecular flexibility index (Phi) is 4.37. The van der Waals surface area contributed by atoms with Gasteiger partial charge in [-0.15, -0.1) is 0 Å². The molecule has 0 aliphatic rings. The van der Waals surface area contributed by atoms with Gasteiger partial charge in [-0.05, 0) is 63.3 Å². The van der Waals surface area contributed by atoms with Crippen molar-refractivity contribution in [2.75, 3.05) is 6.61 Å². The smallest absolute Gasteiger partial charge is 0.335 e. The summed E-state index contributed by atoms with van der Waals surface area (Å²) in [5, 5.41) is 19.5. The fourth-order valence-corrected chi connectivity index (χ4v) is 3.01. The molecule has 2 aromatic rings. The molecule has 0 aliphatic heterocycles. The van der Waals surface area contributed by atoms with Crippen LogP contribution in [0, 0.1) is 13.8 Å². The van der Waals surface area contributed by atoms with Gasteiger partial charge in [0.25, 0.3) is 0 Å². The largest absolute Gasteiger partial charge is 0.478 e. The predicted molar refractivity (Wildman–Crippen MR) is 84.2 cm³/mol. The highest BCUT2D eigenvalue weighted by atomic mass is 16.4. The van der Waals surface area contributed by atoms with E-state index in [9.17, 15) is 9.90 Å². The molecule has 1 heterocycles. The zero-order chi connectivity index (χ0) is 15.7. The van der Waals surface area contributed by atoms with Gasteiger partial charge in [0.15, 0.2) is 0 Å². The summed E-state index contributed by atoms with van der Waals surface area (Å²) in [5.74, 6) is -0.886. The summed E-state index contributed by atoms with van der Waals surface area (Å²) in [5.41, 5.74) is 4.40. The number of aryl methyl sites for hydroxylation is 3. The van der Waals surface area contributed by atoms with Crippen molar-refractivity contribution < 1.29 is 15.0 Å². The standard InChI is InChI=1S/C17H23NO3/c1-10(2)18-9-13(6-5-7-19)15-12(4)14(17(20)21)8-11(3)16(15)18/h8-10,19H,5-7H2,1-4H3,(H,20,21). The van der Waals surface area contributed by atoms with Crippen molar-refractivity contribution in [3.63, 3.8) is 0 Å². The van der Waals surface area contributed by atoms with Crippen LogP contribution in [-0.4, -0.2) is 27.4 Å². The highest BCUT2D eigenvalue weighted by Crippen LogP contribution is 2.33. The first-order chi connectivity index (χ1) is 9.88. The molecule has 0 aliphatic carbocycles. The maximum absolute atomic E-state index is 11.4. The minimum atomic E-state index is -0.886. The van der Waals surface area contributed by atoms with Gasteiger partial charge in [-0.2, -0.15) is 0 Å². The summed E-state index contributed by atoms with van der Waals surface area (Å²) in [6.07, 6.45) is 3.56. The topological polar surface area (TPSA) is 62.5 Å². The molecule has 0 unspecified atom stereocenters. The van der Waals surface area contributed by atoms with Gasteiger partial charge in [-0.25, -0.2) is 4.79 Å². The van der Waals surface area contributed by atoms with E-state index >= 15 is 0 Å². The summed E-state index contributed by atoms with van der Waals surface area (Å²) < 4.78 is 2.20. The summed E-state index contributed by atoms with van der Waals surface area (Å²) in [6, 6.07) is 2.07. The summed E-state index contributed by atoms with van der Waals surface area (Å²) >= 11 is 0. The molecule has 4 heteroatoms. The number of carboxylic acid groups (broad SMARTS) is 1. The van der Waals surface area contributed by atoms with E-state index in [-0.39, 0.29) is 6.61 Å². The lowest BCUT2D eigenvalue weighted by Gasteiger charge is -2.13. The van der Waals surface area contributed by atoms with E-state index in [2.05, 4.69) is 24.6 Å². The third-order valence-electron chi connectivity index (χ3n) is 4.02. The van der Waals surface area contributed by atoms with Crippen LogP contribution in [0.15, 0.2) is 12.3 Å². The second-order valence-corrected chi connectivity index (χ2v) is 5.88. The van der Waals surface area contributed by atoms with Crippen LogP contribution in [0.25, 0.3) is 10.9 Å². The van der Waals surface area contributed by atoms with E-state index < -0.39 is 5.97 Å². The predicted octanol–water partition coefficient (Wildman–Crippen LogP) is 3.46. The SMILES string of the molecule is Cc1c(C(=O)O)cc(C)c2c1c(CCCO)cn2C(C)C. The van der Waals surface area contributed by atoms with E-state index in [1.54, 1.807) is 6.07 Å². The molecule has 0 fully saturated rings. The highest BCUT2D eigenvalue weighted by molar-refractivity contribution is 6.00. The van der Waals surface area contributed by atoms with E-state index in [1.807, 2.05) is 13.8 Å². The van der Waals surface area contributed by atoms with E-state index in [4.69, 9.17) is 5.11 Å². The van der Waals surface area contributed by atoms with Gasteiger partial charge >= 0.3 is 5.97 Å². The molecule has 0 bridgehead atoms. The van der Waals surface area contributed by atoms with Gasteiger partial charge in [0.2, 0.25) is 0 Å². The van der Waals surface area contributed by atoms with Crippen molar-refractivity contribution in [1.29, 1.82) is 0 Å². The van der Waals surface area contributed by atoms with E-state index in [0.717, 1.165) is 34.0 Å². The number of benzene rings is 1. The summed E-state index contributed by atoms with van der Waals surface area (Å²) in [4.78, 5) is 11.4. The van der Waals surface area contributed by atoms with Crippen molar-refractivity contribution in [2.24, 2.45) is 0 Å². The Hall–Kier alpha value is -1.81. The lowest BCUT2D eigenvalue weighted by Crippen LogP contribution is -2.04. The molecule has 21 heavy (non-hydrogen) atoms. The van der Waals surface area contributed by atoms with Gasteiger partial charge < -0.3 is 14.8 Å².